The number of hydrogen-bond donors (Lipinski definition) is 2. The maximum Gasteiger partial charge on any atom is 0.226 e. The van der Waals surface area contributed by atoms with Gasteiger partial charge in [0.15, 0.2) is 0 Å². The predicted molar refractivity (Wildman–Crippen MR) is 109 cm³/mol. The molecule has 2 atom stereocenters. The summed E-state index contributed by atoms with van der Waals surface area (Å²) in [6.07, 6.45) is 6.44. The van der Waals surface area contributed by atoms with E-state index in [1.165, 1.54) is 0 Å². The molecule has 1 aromatic rings. The van der Waals surface area contributed by atoms with Crippen molar-refractivity contribution in [3.05, 3.63) is 23.9 Å². The number of nitrogens with one attached hydrogen (secondary N) is 1. The van der Waals surface area contributed by atoms with Gasteiger partial charge in [0.1, 0.15) is 0 Å². The molecule has 2 aliphatic rings. The van der Waals surface area contributed by atoms with Gasteiger partial charge in [-0.15, -0.1) is 0 Å². The minimum absolute atomic E-state index is 0.0787. The number of carbonyl (C=O) groups excluding carboxylic acids is 1. The van der Waals surface area contributed by atoms with Crippen molar-refractivity contribution in [3.63, 3.8) is 0 Å². The Morgan fingerprint density at radius 1 is 1.28 bits per heavy atom. The van der Waals surface area contributed by atoms with Crippen LogP contribution in [0, 0.1) is 5.41 Å². The van der Waals surface area contributed by atoms with E-state index in [1.807, 2.05) is 18.2 Å². The summed E-state index contributed by atoms with van der Waals surface area (Å²) in [5, 5.41) is 0. The number of rotatable bonds is 8. The van der Waals surface area contributed by atoms with Crippen molar-refractivity contribution < 1.29 is 22.7 Å². The monoisotopic (exact) mass is 425 g/mol. The summed E-state index contributed by atoms with van der Waals surface area (Å²) in [4.78, 5) is 16.7. The number of sulfonamides is 1. The van der Waals surface area contributed by atoms with Crippen molar-refractivity contribution in [2.45, 2.75) is 63.0 Å². The molecule has 3 N–H and O–H groups in total. The van der Waals surface area contributed by atoms with E-state index in [0.717, 1.165) is 37.6 Å². The molecule has 162 valence electrons. The Labute approximate surface area is 172 Å². The van der Waals surface area contributed by atoms with E-state index in [1.54, 1.807) is 7.11 Å². The van der Waals surface area contributed by atoms with Gasteiger partial charge in [-0.05, 0) is 51.0 Å². The third-order valence-electron chi connectivity index (χ3n) is 6.15. The van der Waals surface area contributed by atoms with Gasteiger partial charge in [-0.3, -0.25) is 4.79 Å². The second kappa shape index (κ2) is 8.97. The van der Waals surface area contributed by atoms with Crippen LogP contribution in [0.1, 0.15) is 56.6 Å². The van der Waals surface area contributed by atoms with Crippen LogP contribution >= 0.6 is 0 Å². The highest BCUT2D eigenvalue weighted by atomic mass is 32.2. The molecule has 0 bridgehead atoms. The summed E-state index contributed by atoms with van der Waals surface area (Å²) in [5.41, 5.74) is 5.93. The van der Waals surface area contributed by atoms with Gasteiger partial charge in [-0.1, -0.05) is 6.07 Å². The van der Waals surface area contributed by atoms with Gasteiger partial charge in [0, 0.05) is 23.7 Å². The smallest absolute Gasteiger partial charge is 0.226 e. The Kier molecular flexibility index (Phi) is 6.80. The molecule has 0 radical (unpaired) electrons. The number of nitrogens with two attached hydrogens (primary N) is 1. The first-order chi connectivity index (χ1) is 13.7. The fourth-order valence-corrected chi connectivity index (χ4v) is 5.34. The fourth-order valence-electron chi connectivity index (χ4n) is 4.53. The molecule has 1 amide bonds. The highest BCUT2D eigenvalue weighted by Gasteiger charge is 2.45. The van der Waals surface area contributed by atoms with E-state index in [9.17, 15) is 13.2 Å². The molecular weight excluding hydrogens is 394 g/mol. The van der Waals surface area contributed by atoms with Gasteiger partial charge in [0.25, 0.3) is 0 Å². The zero-order valence-electron chi connectivity index (χ0n) is 17.1. The quantitative estimate of drug-likeness (QED) is 0.654. The minimum atomic E-state index is -3.31. The number of hydrogen-bond acceptors (Lipinski definition) is 6. The van der Waals surface area contributed by atoms with Gasteiger partial charge in [-0.25, -0.2) is 18.1 Å². The van der Waals surface area contributed by atoms with Crippen LogP contribution < -0.4 is 15.2 Å². The van der Waals surface area contributed by atoms with Crippen molar-refractivity contribution >= 4 is 15.9 Å². The van der Waals surface area contributed by atoms with Crippen LogP contribution in [-0.4, -0.2) is 51.4 Å². The van der Waals surface area contributed by atoms with E-state index < -0.39 is 21.3 Å². The van der Waals surface area contributed by atoms with Gasteiger partial charge in [0.2, 0.25) is 21.8 Å². The second-order valence-corrected chi connectivity index (χ2v) is 10.1. The van der Waals surface area contributed by atoms with Crippen molar-refractivity contribution in [1.29, 1.82) is 0 Å². The molecule has 0 unspecified atom stereocenters. The first-order valence-electron chi connectivity index (χ1n) is 10.1. The molecule has 1 aromatic heterocycles. The normalized spacial score (nSPS) is 30.2. The summed E-state index contributed by atoms with van der Waals surface area (Å²) in [7, 11) is -1.70. The Hall–Kier alpha value is -1.71. The van der Waals surface area contributed by atoms with Crippen LogP contribution in [-0.2, 0) is 19.6 Å². The van der Waals surface area contributed by atoms with Gasteiger partial charge in [-0.2, -0.15) is 0 Å². The van der Waals surface area contributed by atoms with E-state index in [0.29, 0.717) is 31.1 Å². The van der Waals surface area contributed by atoms with Crippen LogP contribution in [0.5, 0.6) is 5.88 Å². The lowest BCUT2D eigenvalue weighted by Gasteiger charge is -2.32. The zero-order valence-corrected chi connectivity index (χ0v) is 17.9. The average molecular weight is 426 g/mol. The number of ether oxygens (including phenoxy) is 2. The predicted octanol–water partition coefficient (Wildman–Crippen LogP) is 1.71. The molecule has 0 saturated heterocycles. The number of primary amides is 1. The summed E-state index contributed by atoms with van der Waals surface area (Å²) in [5.74, 6) is 0.595. The van der Waals surface area contributed by atoms with Gasteiger partial charge >= 0.3 is 0 Å². The third-order valence-corrected chi connectivity index (χ3v) is 6.92. The highest BCUT2D eigenvalue weighted by Crippen LogP contribution is 2.40. The number of amides is 1. The summed E-state index contributed by atoms with van der Waals surface area (Å²) < 4.78 is 36.9. The molecule has 1 heterocycles. The lowest BCUT2D eigenvalue weighted by Crippen LogP contribution is -2.42. The Balaban J connectivity index is 1.52. The summed E-state index contributed by atoms with van der Waals surface area (Å²) in [6, 6.07) is 5.57. The Morgan fingerprint density at radius 3 is 2.62 bits per heavy atom. The first kappa shape index (κ1) is 22.0. The lowest BCUT2D eigenvalue weighted by molar-refractivity contribution is -0.133. The largest absolute Gasteiger partial charge is 0.481 e. The number of carbonyl (C=O) groups is 1. The molecule has 29 heavy (non-hydrogen) atoms. The molecule has 8 nitrogen and oxygen atoms in total. The molecule has 2 fully saturated rings. The molecule has 2 saturated carbocycles. The van der Waals surface area contributed by atoms with E-state index in [4.69, 9.17) is 15.2 Å². The van der Waals surface area contributed by atoms with Crippen molar-refractivity contribution in [1.82, 2.24) is 9.71 Å². The molecule has 3 rings (SSSR count). The number of pyridine rings is 1. The molecule has 0 aromatic carbocycles. The molecule has 0 aliphatic heterocycles. The van der Waals surface area contributed by atoms with Gasteiger partial charge in [0.05, 0.1) is 31.5 Å². The number of methoxy groups -OCH3 is 1. The minimum Gasteiger partial charge on any atom is -0.481 e. The van der Waals surface area contributed by atoms with E-state index in [2.05, 4.69) is 9.71 Å². The van der Waals surface area contributed by atoms with Crippen LogP contribution in [0.15, 0.2) is 18.2 Å². The highest BCUT2D eigenvalue weighted by molar-refractivity contribution is 7.88. The van der Waals surface area contributed by atoms with Crippen molar-refractivity contribution in [3.8, 4) is 5.88 Å². The summed E-state index contributed by atoms with van der Waals surface area (Å²) in [6.45, 7) is 0.247. The fraction of sp³-hybridized carbons (Fsp3) is 0.700. The zero-order chi connectivity index (χ0) is 21.1. The maximum atomic E-state index is 12.1. The molecule has 0 spiro atoms. The lowest BCUT2D eigenvalue weighted by atomic mass is 9.84. The molecular formula is C20H31N3O5S. The maximum absolute atomic E-state index is 12.1. The molecule has 2 aliphatic carbocycles. The number of aromatic nitrogens is 1. The van der Waals surface area contributed by atoms with Crippen LogP contribution in [0.25, 0.3) is 0 Å². The van der Waals surface area contributed by atoms with Crippen molar-refractivity contribution in [2.75, 3.05) is 20.0 Å². The first-order valence-corrected chi connectivity index (χ1v) is 12.0. The van der Waals surface area contributed by atoms with Crippen LogP contribution in [0.4, 0.5) is 0 Å². The van der Waals surface area contributed by atoms with Crippen LogP contribution in [0.2, 0.25) is 0 Å². The second-order valence-electron chi connectivity index (χ2n) is 8.36. The number of nitrogens with zero attached hydrogens (tertiary/aromatic N) is 1. The van der Waals surface area contributed by atoms with Crippen molar-refractivity contribution in [2.24, 2.45) is 11.1 Å². The Morgan fingerprint density at radius 2 is 2.00 bits per heavy atom. The van der Waals surface area contributed by atoms with E-state index >= 15 is 0 Å². The standard InChI is InChI=1S/C20H31N3O5S/c1-27-18-5-3-4-17(22-18)14-6-8-16(9-7-14)28-13-20(19(21)24)11-10-15(12-20)23-29(2,25)26/h3-5,14-16,23H,6-13H2,1-2H3,(H2,21,24)/t14?,15-,16?,20-/m0/s1. The van der Waals surface area contributed by atoms with E-state index in [-0.39, 0.29) is 18.8 Å². The molecule has 9 heteroatoms. The third kappa shape index (κ3) is 5.67. The SMILES string of the molecule is COc1cccc(C2CCC(OC[C@]3(C(N)=O)CC[C@H](NS(C)(=O)=O)C3)CC2)n1. The summed E-state index contributed by atoms with van der Waals surface area (Å²) >= 11 is 0. The Bertz CT molecular complexity index is 823. The average Bonchev–Trinajstić information content (AvgIpc) is 3.09. The van der Waals surface area contributed by atoms with Gasteiger partial charge < -0.3 is 15.2 Å². The topological polar surface area (TPSA) is 121 Å². The van der Waals surface area contributed by atoms with Crippen LogP contribution in [0.3, 0.4) is 0 Å².